The summed E-state index contributed by atoms with van der Waals surface area (Å²) in [6, 6.07) is 11.5. The quantitative estimate of drug-likeness (QED) is 0.490. The minimum atomic E-state index is -2.83. The first-order chi connectivity index (χ1) is 14.5. The van der Waals surface area contributed by atoms with E-state index in [9.17, 15) is 8.78 Å². The molecule has 0 spiro atoms. The van der Waals surface area contributed by atoms with Gasteiger partial charge >= 0.3 is 6.61 Å². The van der Waals surface area contributed by atoms with E-state index >= 15 is 0 Å². The smallest absolute Gasteiger partial charge is 0.387 e. The number of hydrogen-bond acceptors (Lipinski definition) is 5. The van der Waals surface area contributed by atoms with Gasteiger partial charge in [0.05, 0.1) is 11.7 Å². The van der Waals surface area contributed by atoms with Crippen molar-refractivity contribution in [2.75, 3.05) is 45.7 Å². The highest BCUT2D eigenvalue weighted by molar-refractivity contribution is 7.10. The average molecular weight is 438 g/mol. The number of ether oxygens (including phenoxy) is 1. The van der Waals surface area contributed by atoms with Gasteiger partial charge in [0.2, 0.25) is 0 Å². The standard InChI is InChI=1S/C21H29F2N5OS/c1-24-21(25-13-17(27(2)3)19-9-6-12-30-19)26-15-10-11-28(14-15)16-7-4-5-8-18(16)29-20(22)23/h4-9,12,15,17,20H,10-11,13-14H2,1-3H3,(H2,24,25,26). The predicted molar refractivity (Wildman–Crippen MR) is 119 cm³/mol. The van der Waals surface area contributed by atoms with Crippen molar-refractivity contribution in [2.45, 2.75) is 25.1 Å². The van der Waals surface area contributed by atoms with Gasteiger partial charge < -0.3 is 25.2 Å². The lowest BCUT2D eigenvalue weighted by molar-refractivity contribution is -0.0495. The van der Waals surface area contributed by atoms with Gasteiger partial charge in [-0.1, -0.05) is 18.2 Å². The summed E-state index contributed by atoms with van der Waals surface area (Å²) in [7, 11) is 5.88. The molecule has 1 aromatic heterocycles. The first-order valence-electron chi connectivity index (χ1n) is 9.93. The fraction of sp³-hybridized carbons (Fsp3) is 0.476. The van der Waals surface area contributed by atoms with Crippen molar-refractivity contribution in [2.24, 2.45) is 4.99 Å². The molecular weight excluding hydrogens is 408 g/mol. The zero-order chi connectivity index (χ0) is 21.5. The van der Waals surface area contributed by atoms with Gasteiger partial charge in [0, 0.05) is 37.6 Å². The summed E-state index contributed by atoms with van der Waals surface area (Å²) >= 11 is 1.74. The van der Waals surface area contributed by atoms with Gasteiger partial charge in [-0.25, -0.2) is 0 Å². The van der Waals surface area contributed by atoms with Crippen molar-refractivity contribution < 1.29 is 13.5 Å². The molecule has 1 fully saturated rings. The molecule has 30 heavy (non-hydrogen) atoms. The van der Waals surface area contributed by atoms with Gasteiger partial charge in [0.15, 0.2) is 5.96 Å². The molecule has 0 amide bonds. The third-order valence-electron chi connectivity index (χ3n) is 5.13. The second-order valence-electron chi connectivity index (χ2n) is 7.37. The average Bonchev–Trinajstić information content (AvgIpc) is 3.39. The van der Waals surface area contributed by atoms with E-state index in [1.807, 2.05) is 12.1 Å². The van der Waals surface area contributed by atoms with Crippen LogP contribution in [0, 0.1) is 0 Å². The summed E-state index contributed by atoms with van der Waals surface area (Å²) in [4.78, 5) is 9.90. The third kappa shape index (κ3) is 5.82. The van der Waals surface area contributed by atoms with Crippen molar-refractivity contribution in [1.82, 2.24) is 15.5 Å². The number of halogens is 2. The van der Waals surface area contributed by atoms with E-state index in [2.05, 4.69) is 61.8 Å². The summed E-state index contributed by atoms with van der Waals surface area (Å²) in [5.74, 6) is 0.947. The highest BCUT2D eigenvalue weighted by Gasteiger charge is 2.26. The third-order valence-corrected chi connectivity index (χ3v) is 6.11. The Hall–Kier alpha value is -2.39. The van der Waals surface area contributed by atoms with Crippen LogP contribution >= 0.6 is 11.3 Å². The van der Waals surface area contributed by atoms with Crippen LogP contribution in [0.4, 0.5) is 14.5 Å². The van der Waals surface area contributed by atoms with Gasteiger partial charge in [-0.2, -0.15) is 8.78 Å². The number of hydrogen-bond donors (Lipinski definition) is 2. The van der Waals surface area contributed by atoms with E-state index in [4.69, 9.17) is 0 Å². The predicted octanol–water partition coefficient (Wildman–Crippen LogP) is 3.40. The first kappa shape index (κ1) is 22.3. The molecule has 3 rings (SSSR count). The summed E-state index contributed by atoms with van der Waals surface area (Å²) in [6.45, 7) is -0.659. The summed E-state index contributed by atoms with van der Waals surface area (Å²) in [6.07, 6.45) is 0.881. The zero-order valence-corrected chi connectivity index (χ0v) is 18.3. The minimum Gasteiger partial charge on any atom is -0.433 e. The lowest BCUT2D eigenvalue weighted by atomic mass is 10.2. The van der Waals surface area contributed by atoms with Gasteiger partial charge in [-0.3, -0.25) is 4.99 Å². The number of para-hydroxylation sites is 2. The molecule has 2 heterocycles. The number of anilines is 1. The van der Waals surface area contributed by atoms with Crippen LogP contribution in [0.3, 0.4) is 0 Å². The lowest BCUT2D eigenvalue weighted by Gasteiger charge is -2.26. The molecule has 1 aliphatic rings. The van der Waals surface area contributed by atoms with Crippen LogP contribution in [0.25, 0.3) is 0 Å². The molecule has 0 bridgehead atoms. The normalized spacial score (nSPS) is 18.2. The fourth-order valence-electron chi connectivity index (χ4n) is 3.61. The number of alkyl halides is 2. The van der Waals surface area contributed by atoms with Crippen molar-refractivity contribution in [3.05, 3.63) is 46.7 Å². The number of aliphatic imine (C=N–C) groups is 1. The van der Waals surface area contributed by atoms with E-state index in [1.165, 1.54) is 4.88 Å². The van der Waals surface area contributed by atoms with E-state index < -0.39 is 6.61 Å². The molecule has 164 valence electrons. The molecular formula is C21H29F2N5OS. The van der Waals surface area contributed by atoms with Crippen molar-refractivity contribution in [1.29, 1.82) is 0 Å². The Balaban J connectivity index is 1.56. The van der Waals surface area contributed by atoms with E-state index in [-0.39, 0.29) is 17.8 Å². The molecule has 1 saturated heterocycles. The van der Waals surface area contributed by atoms with Crippen LogP contribution in [0.1, 0.15) is 17.3 Å². The van der Waals surface area contributed by atoms with Gasteiger partial charge in [0.1, 0.15) is 5.75 Å². The Labute approximate surface area is 180 Å². The van der Waals surface area contributed by atoms with Crippen LogP contribution in [0.5, 0.6) is 5.75 Å². The monoisotopic (exact) mass is 437 g/mol. The number of rotatable bonds is 8. The molecule has 1 aliphatic heterocycles. The molecule has 2 atom stereocenters. The van der Waals surface area contributed by atoms with Crippen LogP contribution in [-0.2, 0) is 0 Å². The Morgan fingerprint density at radius 3 is 2.77 bits per heavy atom. The lowest BCUT2D eigenvalue weighted by Crippen LogP contribution is -2.46. The molecule has 0 radical (unpaired) electrons. The number of thiophene rings is 1. The fourth-order valence-corrected chi connectivity index (χ4v) is 4.53. The Morgan fingerprint density at radius 1 is 1.30 bits per heavy atom. The number of likely N-dealkylation sites (N-methyl/N-ethyl adjacent to an activating group) is 1. The van der Waals surface area contributed by atoms with Crippen LogP contribution in [0.2, 0.25) is 0 Å². The SMILES string of the molecule is CN=C(NCC(c1cccs1)N(C)C)NC1CCN(c2ccccc2OC(F)F)C1. The maximum atomic E-state index is 12.7. The Kier molecular flexibility index (Phi) is 7.87. The Bertz CT molecular complexity index is 815. The maximum absolute atomic E-state index is 12.7. The second-order valence-corrected chi connectivity index (χ2v) is 8.35. The van der Waals surface area contributed by atoms with Crippen molar-refractivity contribution in [3.8, 4) is 5.75 Å². The largest absolute Gasteiger partial charge is 0.433 e. The van der Waals surface area contributed by atoms with E-state index in [0.717, 1.165) is 25.5 Å². The van der Waals surface area contributed by atoms with E-state index in [1.54, 1.807) is 30.5 Å². The molecule has 2 N–H and O–H groups in total. The van der Waals surface area contributed by atoms with Crippen molar-refractivity contribution >= 4 is 23.0 Å². The summed E-state index contributed by atoms with van der Waals surface area (Å²) in [5.41, 5.74) is 0.690. The number of nitrogens with zero attached hydrogens (tertiary/aromatic N) is 3. The molecule has 0 aliphatic carbocycles. The highest BCUT2D eigenvalue weighted by atomic mass is 32.1. The number of guanidine groups is 1. The molecule has 0 saturated carbocycles. The molecule has 6 nitrogen and oxygen atoms in total. The van der Waals surface area contributed by atoms with E-state index in [0.29, 0.717) is 12.2 Å². The Morgan fingerprint density at radius 2 is 2.10 bits per heavy atom. The molecule has 2 unspecified atom stereocenters. The van der Waals surface area contributed by atoms with Crippen LogP contribution < -0.4 is 20.3 Å². The second kappa shape index (κ2) is 10.6. The minimum absolute atomic E-state index is 0.162. The zero-order valence-electron chi connectivity index (χ0n) is 17.5. The number of nitrogens with one attached hydrogen (secondary N) is 2. The maximum Gasteiger partial charge on any atom is 0.387 e. The van der Waals surface area contributed by atoms with Gasteiger partial charge in [0.25, 0.3) is 0 Å². The molecule has 9 heteroatoms. The van der Waals surface area contributed by atoms with Crippen molar-refractivity contribution in [3.63, 3.8) is 0 Å². The van der Waals surface area contributed by atoms with Gasteiger partial charge in [-0.15, -0.1) is 11.3 Å². The summed E-state index contributed by atoms with van der Waals surface area (Å²) in [5, 5.41) is 8.96. The molecule has 1 aromatic carbocycles. The topological polar surface area (TPSA) is 52.1 Å². The van der Waals surface area contributed by atoms with Crippen LogP contribution in [0.15, 0.2) is 46.8 Å². The van der Waals surface area contributed by atoms with Gasteiger partial charge in [-0.05, 0) is 44.1 Å². The highest BCUT2D eigenvalue weighted by Crippen LogP contribution is 2.31. The van der Waals surface area contributed by atoms with Crippen LogP contribution in [-0.4, -0.2) is 64.3 Å². The summed E-state index contributed by atoms with van der Waals surface area (Å²) < 4.78 is 30.1. The molecule has 2 aromatic rings. The first-order valence-corrected chi connectivity index (χ1v) is 10.8. The number of benzene rings is 1.